The minimum absolute atomic E-state index is 0.227. The molecule has 0 aliphatic carbocycles. The van der Waals surface area contributed by atoms with Crippen molar-refractivity contribution in [2.45, 2.75) is 0 Å². The van der Waals surface area contributed by atoms with E-state index in [0.717, 1.165) is 15.6 Å². The third-order valence-electron chi connectivity index (χ3n) is 3.56. The summed E-state index contributed by atoms with van der Waals surface area (Å²) >= 11 is 3.37. The lowest BCUT2D eigenvalue weighted by Crippen LogP contribution is -2.05. The number of rotatable bonds is 6. The molecule has 2 aromatic carbocycles. The minimum Gasteiger partial charge on any atom is -0.493 e. The number of hydrogen-bond acceptors (Lipinski definition) is 5. The van der Waals surface area contributed by atoms with Crippen LogP contribution in [0.4, 0.5) is 0 Å². The number of nitrogens with zero attached hydrogens (tertiary/aromatic N) is 1. The van der Waals surface area contributed by atoms with Gasteiger partial charge in [0.2, 0.25) is 5.90 Å². The van der Waals surface area contributed by atoms with E-state index >= 15 is 0 Å². The van der Waals surface area contributed by atoms with Crippen molar-refractivity contribution in [2.75, 3.05) is 13.7 Å². The molecule has 0 radical (unpaired) electrons. The number of methoxy groups -OCH3 is 1. The molecule has 0 N–H and O–H groups in total. The second-order valence-corrected chi connectivity index (χ2v) is 6.27. The quantitative estimate of drug-likeness (QED) is 0.400. The van der Waals surface area contributed by atoms with E-state index in [-0.39, 0.29) is 11.6 Å². The van der Waals surface area contributed by atoms with E-state index in [2.05, 4.69) is 27.5 Å². The van der Waals surface area contributed by atoms with Crippen LogP contribution < -0.4 is 9.47 Å². The Morgan fingerprint density at radius 3 is 2.65 bits per heavy atom. The predicted molar refractivity (Wildman–Crippen MR) is 103 cm³/mol. The molecule has 0 fully saturated rings. The van der Waals surface area contributed by atoms with E-state index in [1.165, 1.54) is 0 Å². The van der Waals surface area contributed by atoms with Gasteiger partial charge in [0, 0.05) is 10.0 Å². The number of esters is 1. The van der Waals surface area contributed by atoms with Gasteiger partial charge in [0.1, 0.15) is 6.61 Å². The second kappa shape index (κ2) is 8.01. The van der Waals surface area contributed by atoms with Gasteiger partial charge in [-0.15, -0.1) is 0 Å². The lowest BCUT2D eigenvalue weighted by atomic mass is 10.1. The van der Waals surface area contributed by atoms with Crippen molar-refractivity contribution >= 4 is 33.9 Å². The highest BCUT2D eigenvalue weighted by Gasteiger charge is 2.24. The molecule has 5 nitrogen and oxygen atoms in total. The summed E-state index contributed by atoms with van der Waals surface area (Å²) in [7, 11) is 1.56. The molecular weight excluding hydrogens is 398 g/mol. The lowest BCUT2D eigenvalue weighted by Gasteiger charge is -2.09. The van der Waals surface area contributed by atoms with Gasteiger partial charge in [0.25, 0.3) is 0 Å². The minimum atomic E-state index is -0.492. The first-order valence-electron chi connectivity index (χ1n) is 7.81. The molecule has 0 aromatic heterocycles. The van der Waals surface area contributed by atoms with Crippen LogP contribution in [0.5, 0.6) is 11.5 Å². The molecule has 3 rings (SSSR count). The average Bonchev–Trinajstić information content (AvgIpc) is 3.01. The molecule has 0 amide bonds. The third-order valence-corrected chi connectivity index (χ3v) is 4.09. The van der Waals surface area contributed by atoms with Crippen LogP contribution in [0, 0.1) is 0 Å². The first kappa shape index (κ1) is 17.9. The van der Waals surface area contributed by atoms with E-state index in [9.17, 15) is 4.79 Å². The zero-order valence-electron chi connectivity index (χ0n) is 14.1. The zero-order chi connectivity index (χ0) is 18.5. The van der Waals surface area contributed by atoms with Crippen LogP contribution in [0.15, 0.2) is 70.3 Å². The molecule has 132 valence electrons. The maximum absolute atomic E-state index is 12.1. The van der Waals surface area contributed by atoms with Gasteiger partial charge in [-0.1, -0.05) is 34.7 Å². The van der Waals surface area contributed by atoms with Crippen molar-refractivity contribution in [1.82, 2.24) is 0 Å². The Morgan fingerprint density at radius 1 is 1.19 bits per heavy atom. The summed E-state index contributed by atoms with van der Waals surface area (Å²) in [5, 5.41) is 0. The largest absolute Gasteiger partial charge is 0.493 e. The number of carbonyl (C=O) groups excluding carboxylic acids is 1. The first-order valence-corrected chi connectivity index (χ1v) is 8.60. The van der Waals surface area contributed by atoms with E-state index in [0.29, 0.717) is 18.1 Å². The molecule has 0 atom stereocenters. The molecule has 1 heterocycles. The predicted octanol–water partition coefficient (Wildman–Crippen LogP) is 4.37. The highest BCUT2D eigenvalue weighted by molar-refractivity contribution is 9.10. The lowest BCUT2D eigenvalue weighted by molar-refractivity contribution is -0.129. The maximum Gasteiger partial charge on any atom is 0.363 e. The molecule has 2 aromatic rings. The first-order chi connectivity index (χ1) is 12.6. The molecule has 6 heteroatoms. The topological polar surface area (TPSA) is 57.1 Å². The van der Waals surface area contributed by atoms with Gasteiger partial charge in [-0.2, -0.15) is 0 Å². The maximum atomic E-state index is 12.1. The Morgan fingerprint density at radius 2 is 1.96 bits per heavy atom. The normalized spacial score (nSPS) is 14.8. The molecule has 1 aliphatic heterocycles. The summed E-state index contributed by atoms with van der Waals surface area (Å²) in [6.07, 6.45) is 3.30. The van der Waals surface area contributed by atoms with Crippen LogP contribution in [0.3, 0.4) is 0 Å². The van der Waals surface area contributed by atoms with Crippen LogP contribution in [0.2, 0.25) is 0 Å². The van der Waals surface area contributed by atoms with Gasteiger partial charge in [-0.3, -0.25) is 0 Å². The summed E-state index contributed by atoms with van der Waals surface area (Å²) in [4.78, 5) is 16.4. The number of benzene rings is 2. The number of hydrogen-bond donors (Lipinski definition) is 0. The standard InChI is InChI=1S/C20H16BrNO4/c1-3-10-25-17-9-4-13(12-18(17)24-2)11-16-20(23)26-19(22-16)14-5-7-15(21)8-6-14/h3-9,11-12H,1,10H2,2H3/b16-11-. The molecule has 1 aliphatic rings. The highest BCUT2D eigenvalue weighted by atomic mass is 79.9. The van der Waals surface area contributed by atoms with E-state index < -0.39 is 5.97 Å². The summed E-state index contributed by atoms with van der Waals surface area (Å²) in [5.41, 5.74) is 1.71. The average molecular weight is 414 g/mol. The van der Waals surface area contributed by atoms with E-state index in [1.807, 2.05) is 30.3 Å². The van der Waals surface area contributed by atoms with Crippen LogP contribution >= 0.6 is 15.9 Å². The van der Waals surface area contributed by atoms with Crippen molar-refractivity contribution in [2.24, 2.45) is 4.99 Å². The van der Waals surface area contributed by atoms with E-state index in [1.54, 1.807) is 31.4 Å². The fourth-order valence-electron chi connectivity index (χ4n) is 2.32. The van der Waals surface area contributed by atoms with Crippen molar-refractivity contribution in [3.05, 3.63) is 76.4 Å². The van der Waals surface area contributed by atoms with Crippen LogP contribution in [-0.4, -0.2) is 25.6 Å². The molecule has 0 saturated carbocycles. The second-order valence-electron chi connectivity index (χ2n) is 5.35. The Kier molecular flexibility index (Phi) is 5.53. The summed E-state index contributed by atoms with van der Waals surface area (Å²) in [6, 6.07) is 12.7. The number of halogens is 1. The van der Waals surface area contributed by atoms with Gasteiger partial charge >= 0.3 is 5.97 Å². The van der Waals surface area contributed by atoms with E-state index in [4.69, 9.17) is 14.2 Å². The van der Waals surface area contributed by atoms with Crippen LogP contribution in [-0.2, 0) is 9.53 Å². The fourth-order valence-corrected chi connectivity index (χ4v) is 2.59. The highest BCUT2D eigenvalue weighted by Crippen LogP contribution is 2.30. The SMILES string of the molecule is C=CCOc1ccc(/C=C2\N=C(c3ccc(Br)cc3)OC2=O)cc1OC. The van der Waals surface area contributed by atoms with Crippen molar-refractivity contribution in [1.29, 1.82) is 0 Å². The van der Waals surface area contributed by atoms with Crippen LogP contribution in [0.25, 0.3) is 6.08 Å². The number of ether oxygens (including phenoxy) is 3. The number of aliphatic imine (C=N–C) groups is 1. The Balaban J connectivity index is 1.88. The molecular formula is C20H16BrNO4. The van der Waals surface area contributed by atoms with Gasteiger partial charge in [0.15, 0.2) is 17.2 Å². The van der Waals surface area contributed by atoms with Crippen molar-refractivity contribution < 1.29 is 19.0 Å². The summed E-state index contributed by atoms with van der Waals surface area (Å²) < 4.78 is 17.1. The van der Waals surface area contributed by atoms with Gasteiger partial charge in [-0.25, -0.2) is 9.79 Å². The van der Waals surface area contributed by atoms with Gasteiger partial charge < -0.3 is 14.2 Å². The molecule has 0 spiro atoms. The van der Waals surface area contributed by atoms with Crippen LogP contribution in [0.1, 0.15) is 11.1 Å². The Hall–Kier alpha value is -2.86. The third kappa shape index (κ3) is 4.03. The van der Waals surface area contributed by atoms with Gasteiger partial charge in [0.05, 0.1) is 7.11 Å². The fraction of sp³-hybridized carbons (Fsp3) is 0.100. The van der Waals surface area contributed by atoms with Crippen molar-refractivity contribution in [3.8, 4) is 11.5 Å². The van der Waals surface area contributed by atoms with Crippen molar-refractivity contribution in [3.63, 3.8) is 0 Å². The number of cyclic esters (lactones) is 1. The molecule has 26 heavy (non-hydrogen) atoms. The summed E-state index contributed by atoms with van der Waals surface area (Å²) in [5.74, 6) is 0.952. The molecule has 0 unspecified atom stereocenters. The Labute approximate surface area is 159 Å². The molecule has 0 bridgehead atoms. The molecule has 0 saturated heterocycles. The monoisotopic (exact) mass is 413 g/mol. The summed E-state index contributed by atoms with van der Waals surface area (Å²) in [6.45, 7) is 4.00. The Bertz CT molecular complexity index is 901. The zero-order valence-corrected chi connectivity index (χ0v) is 15.7. The smallest absolute Gasteiger partial charge is 0.363 e. The number of carbonyl (C=O) groups is 1. The van der Waals surface area contributed by atoms with Gasteiger partial charge in [-0.05, 0) is 48.0 Å².